The third-order valence-corrected chi connectivity index (χ3v) is 4.98. The van der Waals surface area contributed by atoms with Gasteiger partial charge >= 0.3 is 0 Å². The van der Waals surface area contributed by atoms with Crippen LogP contribution in [-0.2, 0) is 17.9 Å². The van der Waals surface area contributed by atoms with Gasteiger partial charge in [-0.3, -0.25) is 4.79 Å². The Morgan fingerprint density at radius 3 is 2.62 bits per heavy atom. The van der Waals surface area contributed by atoms with Crippen LogP contribution in [0.25, 0.3) is 0 Å². The van der Waals surface area contributed by atoms with Gasteiger partial charge in [-0.2, -0.15) is 0 Å². The van der Waals surface area contributed by atoms with Crippen molar-refractivity contribution < 1.29 is 18.7 Å². The number of nitrogens with zero attached hydrogens (tertiary/aromatic N) is 3. The third-order valence-electron chi connectivity index (χ3n) is 4.01. The molecule has 0 spiro atoms. The van der Waals surface area contributed by atoms with Gasteiger partial charge in [0.25, 0.3) is 0 Å². The van der Waals surface area contributed by atoms with Crippen molar-refractivity contribution in [3.05, 3.63) is 60.2 Å². The molecule has 3 aromatic rings. The van der Waals surface area contributed by atoms with E-state index in [1.807, 2.05) is 11.5 Å². The summed E-state index contributed by atoms with van der Waals surface area (Å²) in [5, 5.41) is 11.7. The van der Waals surface area contributed by atoms with Crippen LogP contribution < -0.4 is 14.8 Å². The Kier molecular flexibility index (Phi) is 7.07. The molecule has 1 N–H and O–H groups in total. The lowest BCUT2D eigenvalue weighted by Crippen LogP contribution is -2.15. The average molecular weight is 416 g/mol. The monoisotopic (exact) mass is 416 g/mol. The van der Waals surface area contributed by atoms with Gasteiger partial charge in [-0.05, 0) is 43.3 Å². The number of ether oxygens (including phenoxy) is 2. The van der Waals surface area contributed by atoms with Crippen LogP contribution in [0, 0.1) is 5.82 Å². The summed E-state index contributed by atoms with van der Waals surface area (Å²) in [4.78, 5) is 12.2. The first-order chi connectivity index (χ1) is 14.1. The molecule has 2 aromatic carbocycles. The maximum absolute atomic E-state index is 13.7. The van der Waals surface area contributed by atoms with Gasteiger partial charge in [-0.1, -0.05) is 23.9 Å². The van der Waals surface area contributed by atoms with Crippen LogP contribution in [0.4, 0.5) is 10.1 Å². The number of carbonyl (C=O) groups is 1. The fourth-order valence-electron chi connectivity index (χ4n) is 2.56. The molecular weight excluding hydrogens is 395 g/mol. The predicted molar refractivity (Wildman–Crippen MR) is 109 cm³/mol. The summed E-state index contributed by atoms with van der Waals surface area (Å²) in [7, 11) is 1.59. The summed E-state index contributed by atoms with van der Waals surface area (Å²) in [6.07, 6.45) is 0. The molecule has 0 aliphatic heterocycles. The Labute approximate surface area is 172 Å². The SMILES string of the molecule is CCn1c(COc2ccccc2F)nnc1SCC(=O)Nc1ccc(OC)cc1. The van der Waals surface area contributed by atoms with Crippen molar-refractivity contribution in [3.63, 3.8) is 0 Å². The Hall–Kier alpha value is -3.07. The van der Waals surface area contributed by atoms with Gasteiger partial charge in [-0.15, -0.1) is 10.2 Å². The molecule has 0 saturated heterocycles. The molecule has 1 heterocycles. The smallest absolute Gasteiger partial charge is 0.234 e. The molecule has 7 nitrogen and oxygen atoms in total. The van der Waals surface area contributed by atoms with Crippen molar-refractivity contribution in [2.75, 3.05) is 18.2 Å². The van der Waals surface area contributed by atoms with E-state index in [2.05, 4.69) is 15.5 Å². The van der Waals surface area contributed by atoms with Crippen molar-refractivity contribution in [2.45, 2.75) is 25.2 Å². The summed E-state index contributed by atoms with van der Waals surface area (Å²) >= 11 is 1.28. The van der Waals surface area contributed by atoms with E-state index in [0.717, 1.165) is 5.75 Å². The molecule has 152 valence electrons. The Morgan fingerprint density at radius 2 is 1.93 bits per heavy atom. The number of para-hydroxylation sites is 1. The lowest BCUT2D eigenvalue weighted by molar-refractivity contribution is -0.113. The van der Waals surface area contributed by atoms with E-state index in [4.69, 9.17) is 9.47 Å². The van der Waals surface area contributed by atoms with E-state index in [1.165, 1.54) is 17.8 Å². The van der Waals surface area contributed by atoms with Gasteiger partial charge in [0, 0.05) is 12.2 Å². The van der Waals surface area contributed by atoms with Crippen LogP contribution in [0.1, 0.15) is 12.7 Å². The summed E-state index contributed by atoms with van der Waals surface area (Å²) in [5.41, 5.74) is 0.687. The van der Waals surface area contributed by atoms with Crippen LogP contribution in [-0.4, -0.2) is 33.5 Å². The summed E-state index contributed by atoms with van der Waals surface area (Å²) in [6, 6.07) is 13.3. The number of methoxy groups -OCH3 is 1. The zero-order valence-electron chi connectivity index (χ0n) is 16.1. The number of hydrogen-bond donors (Lipinski definition) is 1. The minimum atomic E-state index is -0.431. The lowest BCUT2D eigenvalue weighted by Gasteiger charge is -2.09. The van der Waals surface area contributed by atoms with Gasteiger partial charge in [0.1, 0.15) is 12.4 Å². The van der Waals surface area contributed by atoms with Gasteiger partial charge in [-0.25, -0.2) is 4.39 Å². The molecule has 0 radical (unpaired) electrons. The second-order valence-corrected chi connectivity index (χ2v) is 6.87. The van der Waals surface area contributed by atoms with Crippen LogP contribution in [0.3, 0.4) is 0 Å². The second kappa shape index (κ2) is 9.92. The van der Waals surface area contributed by atoms with E-state index in [0.29, 0.717) is 23.2 Å². The highest BCUT2D eigenvalue weighted by Crippen LogP contribution is 2.21. The highest BCUT2D eigenvalue weighted by Gasteiger charge is 2.14. The first kappa shape index (κ1) is 20.7. The number of aromatic nitrogens is 3. The second-order valence-electron chi connectivity index (χ2n) is 5.93. The molecule has 1 amide bonds. The molecule has 0 aliphatic rings. The number of carbonyl (C=O) groups excluding carboxylic acids is 1. The number of rotatable bonds is 9. The minimum Gasteiger partial charge on any atom is -0.497 e. The molecule has 0 unspecified atom stereocenters. The summed E-state index contributed by atoms with van der Waals surface area (Å²) in [6.45, 7) is 2.63. The van der Waals surface area contributed by atoms with E-state index >= 15 is 0 Å². The molecule has 1 aromatic heterocycles. The van der Waals surface area contributed by atoms with Crippen molar-refractivity contribution >= 4 is 23.4 Å². The highest BCUT2D eigenvalue weighted by atomic mass is 32.2. The molecule has 0 fully saturated rings. The van der Waals surface area contributed by atoms with Gasteiger partial charge in [0.05, 0.1) is 12.9 Å². The van der Waals surface area contributed by atoms with E-state index < -0.39 is 5.82 Å². The molecule has 0 aliphatic carbocycles. The number of anilines is 1. The Bertz CT molecular complexity index is 963. The number of benzene rings is 2. The largest absolute Gasteiger partial charge is 0.497 e. The number of amides is 1. The van der Waals surface area contributed by atoms with Gasteiger partial charge in [0.15, 0.2) is 22.5 Å². The highest BCUT2D eigenvalue weighted by molar-refractivity contribution is 7.99. The number of thioether (sulfide) groups is 1. The zero-order valence-corrected chi connectivity index (χ0v) is 16.9. The van der Waals surface area contributed by atoms with Crippen LogP contribution in [0.5, 0.6) is 11.5 Å². The van der Waals surface area contributed by atoms with Crippen LogP contribution in [0.15, 0.2) is 53.7 Å². The van der Waals surface area contributed by atoms with Crippen molar-refractivity contribution in [3.8, 4) is 11.5 Å². The molecular formula is C20H21FN4O3S. The molecule has 0 bridgehead atoms. The Morgan fingerprint density at radius 1 is 1.17 bits per heavy atom. The topological polar surface area (TPSA) is 78.3 Å². The van der Waals surface area contributed by atoms with E-state index in [-0.39, 0.29) is 24.0 Å². The fraction of sp³-hybridized carbons (Fsp3) is 0.250. The fourth-order valence-corrected chi connectivity index (χ4v) is 3.38. The summed E-state index contributed by atoms with van der Waals surface area (Å²) in [5.74, 6) is 1.03. The third kappa shape index (κ3) is 5.47. The van der Waals surface area contributed by atoms with Crippen LogP contribution >= 0.6 is 11.8 Å². The quantitative estimate of drug-likeness (QED) is 0.535. The molecule has 9 heteroatoms. The average Bonchev–Trinajstić information content (AvgIpc) is 3.14. The maximum atomic E-state index is 13.7. The maximum Gasteiger partial charge on any atom is 0.234 e. The number of halogens is 1. The van der Waals surface area contributed by atoms with Crippen molar-refractivity contribution in [1.82, 2.24) is 14.8 Å². The predicted octanol–water partition coefficient (Wildman–Crippen LogP) is 3.76. The Balaban J connectivity index is 1.56. The normalized spacial score (nSPS) is 10.6. The minimum absolute atomic E-state index is 0.0837. The molecule has 3 rings (SSSR count). The number of hydrogen-bond acceptors (Lipinski definition) is 6. The summed E-state index contributed by atoms with van der Waals surface area (Å²) < 4.78 is 26.1. The van der Waals surface area contributed by atoms with Gasteiger partial charge < -0.3 is 19.4 Å². The van der Waals surface area contributed by atoms with E-state index in [9.17, 15) is 9.18 Å². The van der Waals surface area contributed by atoms with Crippen molar-refractivity contribution in [1.29, 1.82) is 0 Å². The van der Waals surface area contributed by atoms with Gasteiger partial charge in [0.2, 0.25) is 5.91 Å². The first-order valence-electron chi connectivity index (χ1n) is 8.96. The standard InChI is InChI=1S/C20H21FN4O3S/c1-3-25-18(12-28-17-7-5-4-6-16(17)21)23-24-20(25)29-13-19(26)22-14-8-10-15(27-2)11-9-14/h4-11H,3,12-13H2,1-2H3,(H,22,26). The molecule has 0 saturated carbocycles. The van der Waals surface area contributed by atoms with Crippen LogP contribution in [0.2, 0.25) is 0 Å². The first-order valence-corrected chi connectivity index (χ1v) is 9.95. The lowest BCUT2D eigenvalue weighted by atomic mass is 10.3. The molecule has 29 heavy (non-hydrogen) atoms. The number of nitrogens with one attached hydrogen (secondary N) is 1. The van der Waals surface area contributed by atoms with Crippen molar-refractivity contribution in [2.24, 2.45) is 0 Å². The van der Waals surface area contributed by atoms with E-state index in [1.54, 1.807) is 49.6 Å². The molecule has 0 atom stereocenters. The zero-order chi connectivity index (χ0) is 20.6.